The first-order valence-electron chi connectivity index (χ1n) is 6.51. The van der Waals surface area contributed by atoms with Gasteiger partial charge in [-0.3, -0.25) is 4.79 Å². The van der Waals surface area contributed by atoms with E-state index in [-0.39, 0.29) is 6.61 Å². The number of hydrogen-bond donors (Lipinski definition) is 1. The van der Waals surface area contributed by atoms with Crippen LogP contribution < -0.4 is 10.1 Å². The number of hydrogen-bond acceptors (Lipinski definition) is 4. The number of aryl methyl sites for hydroxylation is 1. The molecule has 0 unspecified atom stereocenters. The van der Waals surface area contributed by atoms with E-state index in [1.807, 2.05) is 13.0 Å². The topological polar surface area (TPSA) is 64.6 Å². The molecule has 0 heterocycles. The van der Waals surface area contributed by atoms with Gasteiger partial charge in [0.1, 0.15) is 5.75 Å². The average molecular weight is 391 g/mol. The molecular formula is C15H17BrClNO4. The average Bonchev–Trinajstić information content (AvgIpc) is 2.43. The van der Waals surface area contributed by atoms with Crippen molar-refractivity contribution in [3.63, 3.8) is 0 Å². The summed E-state index contributed by atoms with van der Waals surface area (Å²) in [6.45, 7) is 6.75. The fourth-order valence-electron chi connectivity index (χ4n) is 1.60. The van der Waals surface area contributed by atoms with Crippen molar-refractivity contribution in [2.45, 2.75) is 20.0 Å². The Hall–Kier alpha value is -1.53. The van der Waals surface area contributed by atoms with Crippen LogP contribution in [-0.4, -0.2) is 31.1 Å². The maximum atomic E-state index is 11.7. The molecule has 120 valence electrons. The summed E-state index contributed by atoms with van der Waals surface area (Å²) in [6.07, 6.45) is 0.631. The van der Waals surface area contributed by atoms with Crippen LogP contribution in [0, 0.1) is 6.92 Å². The normalized spacial score (nSPS) is 11.5. The summed E-state index contributed by atoms with van der Waals surface area (Å²) in [7, 11) is 0. The van der Waals surface area contributed by atoms with E-state index >= 15 is 0 Å². The molecule has 0 radical (unpaired) electrons. The van der Waals surface area contributed by atoms with Gasteiger partial charge in [-0.05, 0) is 31.5 Å². The van der Waals surface area contributed by atoms with E-state index < -0.39 is 18.0 Å². The molecule has 0 aliphatic carbocycles. The molecule has 1 atom stereocenters. The van der Waals surface area contributed by atoms with Gasteiger partial charge in [0.15, 0.2) is 12.7 Å². The van der Waals surface area contributed by atoms with Crippen LogP contribution in [0.3, 0.4) is 0 Å². The van der Waals surface area contributed by atoms with Gasteiger partial charge in [0.25, 0.3) is 5.91 Å². The molecule has 22 heavy (non-hydrogen) atoms. The van der Waals surface area contributed by atoms with Crippen LogP contribution in [0.25, 0.3) is 0 Å². The molecule has 1 rings (SSSR count). The number of ether oxygens (including phenoxy) is 2. The van der Waals surface area contributed by atoms with Crippen molar-refractivity contribution in [3.8, 4) is 5.75 Å². The van der Waals surface area contributed by atoms with Gasteiger partial charge < -0.3 is 14.8 Å². The number of rotatable bonds is 7. The van der Waals surface area contributed by atoms with Gasteiger partial charge in [-0.2, -0.15) is 0 Å². The van der Waals surface area contributed by atoms with E-state index in [1.54, 1.807) is 6.07 Å². The lowest BCUT2D eigenvalue weighted by atomic mass is 10.2. The van der Waals surface area contributed by atoms with Crippen molar-refractivity contribution in [2.75, 3.05) is 13.2 Å². The highest BCUT2D eigenvalue weighted by atomic mass is 79.9. The summed E-state index contributed by atoms with van der Waals surface area (Å²) < 4.78 is 11.2. The highest BCUT2D eigenvalue weighted by Gasteiger charge is 2.18. The Kier molecular flexibility index (Phi) is 7.41. The molecule has 1 aromatic carbocycles. The zero-order valence-electron chi connectivity index (χ0n) is 12.3. The molecule has 0 saturated heterocycles. The minimum absolute atomic E-state index is 0.310. The standard InChI is InChI=1S/C15H17BrClNO4/c1-4-5-18-15(20)10(3)22-13(19)8-21-14-9(2)6-11(16)7-12(14)17/h4,6-7,10H,1,5,8H2,2-3H3,(H,18,20)/t10-/m0/s1. The molecule has 0 spiro atoms. The summed E-state index contributed by atoms with van der Waals surface area (Å²) in [5.74, 6) is -0.642. The summed E-state index contributed by atoms with van der Waals surface area (Å²) in [6, 6.07) is 3.48. The maximum Gasteiger partial charge on any atom is 0.344 e. The van der Waals surface area contributed by atoms with E-state index in [2.05, 4.69) is 27.8 Å². The van der Waals surface area contributed by atoms with Crippen LogP contribution in [0.4, 0.5) is 0 Å². The molecule has 0 aromatic heterocycles. The van der Waals surface area contributed by atoms with Crippen LogP contribution in [0.1, 0.15) is 12.5 Å². The van der Waals surface area contributed by atoms with Gasteiger partial charge in [0, 0.05) is 11.0 Å². The van der Waals surface area contributed by atoms with Crippen LogP contribution in [0.2, 0.25) is 5.02 Å². The highest BCUT2D eigenvalue weighted by Crippen LogP contribution is 2.31. The van der Waals surface area contributed by atoms with Gasteiger partial charge >= 0.3 is 5.97 Å². The SMILES string of the molecule is C=CCNC(=O)[C@H](C)OC(=O)COc1c(C)cc(Br)cc1Cl. The molecule has 0 aliphatic heterocycles. The molecule has 1 amide bonds. The second-order valence-electron chi connectivity index (χ2n) is 4.49. The molecule has 0 aliphatic rings. The number of benzene rings is 1. The molecule has 0 bridgehead atoms. The summed E-state index contributed by atoms with van der Waals surface area (Å²) in [4.78, 5) is 23.2. The largest absolute Gasteiger partial charge is 0.480 e. The third-order valence-electron chi connectivity index (χ3n) is 2.63. The Morgan fingerprint density at radius 1 is 1.50 bits per heavy atom. The first-order chi connectivity index (χ1) is 10.3. The van der Waals surface area contributed by atoms with E-state index in [1.165, 1.54) is 13.0 Å². The van der Waals surface area contributed by atoms with E-state index in [0.29, 0.717) is 17.3 Å². The molecule has 1 N–H and O–H groups in total. The lowest BCUT2D eigenvalue weighted by Gasteiger charge is -2.14. The lowest BCUT2D eigenvalue weighted by molar-refractivity contribution is -0.156. The first-order valence-corrected chi connectivity index (χ1v) is 7.68. The van der Waals surface area contributed by atoms with E-state index in [0.717, 1.165) is 10.0 Å². The zero-order chi connectivity index (χ0) is 16.7. The Bertz CT molecular complexity index is 554. The smallest absolute Gasteiger partial charge is 0.344 e. The van der Waals surface area contributed by atoms with Crippen LogP contribution in [-0.2, 0) is 14.3 Å². The number of halogens is 2. The van der Waals surface area contributed by atoms with Crippen molar-refractivity contribution >= 4 is 39.4 Å². The fraction of sp³-hybridized carbons (Fsp3) is 0.333. The number of esters is 1. The summed E-state index contributed by atoms with van der Waals surface area (Å²) in [5, 5.41) is 2.92. The maximum absolute atomic E-state index is 11.7. The summed E-state index contributed by atoms with van der Waals surface area (Å²) in [5.41, 5.74) is 0.781. The van der Waals surface area contributed by atoms with Crippen molar-refractivity contribution in [1.82, 2.24) is 5.32 Å². The molecular weight excluding hydrogens is 374 g/mol. The fourth-order valence-corrected chi connectivity index (χ4v) is 2.63. The Morgan fingerprint density at radius 2 is 2.18 bits per heavy atom. The Morgan fingerprint density at radius 3 is 2.77 bits per heavy atom. The minimum Gasteiger partial charge on any atom is -0.480 e. The van der Waals surface area contributed by atoms with E-state index in [4.69, 9.17) is 21.1 Å². The number of amides is 1. The second kappa shape index (κ2) is 8.80. The third kappa shape index (κ3) is 5.69. The minimum atomic E-state index is -0.905. The summed E-state index contributed by atoms with van der Waals surface area (Å²) >= 11 is 9.36. The predicted molar refractivity (Wildman–Crippen MR) is 88.1 cm³/mol. The number of carbonyl (C=O) groups is 2. The quantitative estimate of drug-likeness (QED) is 0.574. The molecule has 7 heteroatoms. The lowest BCUT2D eigenvalue weighted by Crippen LogP contribution is -2.36. The van der Waals surface area contributed by atoms with Crippen LogP contribution >= 0.6 is 27.5 Å². The third-order valence-corrected chi connectivity index (χ3v) is 3.37. The van der Waals surface area contributed by atoms with E-state index in [9.17, 15) is 9.59 Å². The van der Waals surface area contributed by atoms with Gasteiger partial charge in [-0.15, -0.1) is 6.58 Å². The number of carbonyl (C=O) groups excluding carboxylic acids is 2. The van der Waals surface area contributed by atoms with Gasteiger partial charge in [0.05, 0.1) is 5.02 Å². The molecule has 0 saturated carbocycles. The molecule has 5 nitrogen and oxygen atoms in total. The van der Waals surface area contributed by atoms with Crippen LogP contribution in [0.5, 0.6) is 5.75 Å². The van der Waals surface area contributed by atoms with Crippen molar-refractivity contribution in [1.29, 1.82) is 0 Å². The Balaban J connectivity index is 2.53. The Labute approximate surface area is 142 Å². The number of nitrogens with one attached hydrogen (secondary N) is 1. The second-order valence-corrected chi connectivity index (χ2v) is 5.81. The first kappa shape index (κ1) is 18.5. The molecule has 1 aromatic rings. The van der Waals surface area contributed by atoms with Crippen molar-refractivity contribution in [2.24, 2.45) is 0 Å². The van der Waals surface area contributed by atoms with Crippen molar-refractivity contribution in [3.05, 3.63) is 39.8 Å². The molecule has 0 fully saturated rings. The van der Waals surface area contributed by atoms with Gasteiger partial charge in [0.2, 0.25) is 0 Å². The van der Waals surface area contributed by atoms with Crippen molar-refractivity contribution < 1.29 is 19.1 Å². The zero-order valence-corrected chi connectivity index (χ0v) is 14.7. The predicted octanol–water partition coefficient (Wildman–Crippen LogP) is 3.02. The highest BCUT2D eigenvalue weighted by molar-refractivity contribution is 9.10. The monoisotopic (exact) mass is 389 g/mol. The van der Waals surface area contributed by atoms with Crippen LogP contribution in [0.15, 0.2) is 29.3 Å². The van der Waals surface area contributed by atoms with Gasteiger partial charge in [-0.25, -0.2) is 4.79 Å². The van der Waals surface area contributed by atoms with Gasteiger partial charge in [-0.1, -0.05) is 33.6 Å².